The Labute approximate surface area is 224 Å². The summed E-state index contributed by atoms with van der Waals surface area (Å²) in [6.45, 7) is 2.60. The Morgan fingerprint density at radius 2 is 1.84 bits per heavy atom. The number of carbonyl (C=O) groups is 1. The van der Waals surface area contributed by atoms with Crippen LogP contribution in [0.15, 0.2) is 72.9 Å². The van der Waals surface area contributed by atoms with Crippen LogP contribution in [0.5, 0.6) is 5.75 Å². The molecule has 3 heterocycles. The van der Waals surface area contributed by atoms with Crippen LogP contribution in [-0.4, -0.2) is 38.4 Å². The number of nitrogens with one attached hydrogen (secondary N) is 1. The standard InChI is InChI=1S/C31H35N5O2/c1-3-27-26-21-35(31(37)32-23-13-6-4-7-14-23)29(22-12-10-17-25(20-22)38-2)28-18-11-19-34(28)30(26)36(33-27)24-15-8-5-9-16-24/h5,8-12,15-20,23,29H,3-4,6-7,13-14,21H2,1-2H3,(H,32,37)/t29-/m0/s1. The van der Waals surface area contributed by atoms with Gasteiger partial charge in [-0.05, 0) is 61.2 Å². The Balaban J connectivity index is 1.53. The lowest BCUT2D eigenvalue weighted by Gasteiger charge is -2.33. The molecule has 38 heavy (non-hydrogen) atoms. The van der Waals surface area contributed by atoms with Crippen LogP contribution in [0.4, 0.5) is 4.79 Å². The molecule has 7 heteroatoms. The Morgan fingerprint density at radius 3 is 2.61 bits per heavy atom. The second kappa shape index (κ2) is 10.4. The van der Waals surface area contributed by atoms with Crippen LogP contribution in [0.2, 0.25) is 0 Å². The maximum absolute atomic E-state index is 14.1. The number of hydrogen-bond acceptors (Lipinski definition) is 3. The summed E-state index contributed by atoms with van der Waals surface area (Å²) in [5.41, 5.74) is 5.13. The molecular weight excluding hydrogens is 474 g/mol. The molecule has 6 rings (SSSR count). The van der Waals surface area contributed by atoms with Crippen molar-refractivity contribution in [3.63, 3.8) is 0 Å². The average Bonchev–Trinajstić information content (AvgIpc) is 3.55. The molecule has 1 N–H and O–H groups in total. The molecule has 0 radical (unpaired) electrons. The van der Waals surface area contributed by atoms with Crippen molar-refractivity contribution in [1.82, 2.24) is 24.6 Å². The Kier molecular flexibility index (Phi) is 6.66. The molecule has 0 bridgehead atoms. The number of urea groups is 1. The zero-order valence-electron chi connectivity index (χ0n) is 22.1. The van der Waals surface area contributed by atoms with Gasteiger partial charge in [-0.3, -0.25) is 0 Å². The number of hydrogen-bond donors (Lipinski definition) is 1. The van der Waals surface area contributed by atoms with Crippen LogP contribution in [0.1, 0.15) is 67.6 Å². The van der Waals surface area contributed by atoms with Crippen molar-refractivity contribution in [3.05, 3.63) is 95.4 Å². The zero-order valence-corrected chi connectivity index (χ0v) is 22.1. The van der Waals surface area contributed by atoms with E-state index < -0.39 is 0 Å². The highest BCUT2D eigenvalue weighted by Gasteiger charge is 2.37. The SMILES string of the molecule is CCc1nn(-c2ccccc2)c2c1CN(C(=O)NC1CCCCC1)[C@@H](c1cccc(OC)c1)c1cccn1-2. The topological polar surface area (TPSA) is 64.3 Å². The third-order valence-corrected chi connectivity index (χ3v) is 7.91. The molecule has 7 nitrogen and oxygen atoms in total. The first kappa shape index (κ1) is 24.3. The molecule has 1 aliphatic heterocycles. The predicted octanol–water partition coefficient (Wildman–Crippen LogP) is 6.18. The van der Waals surface area contributed by atoms with Crippen LogP contribution < -0.4 is 10.1 Å². The lowest BCUT2D eigenvalue weighted by atomic mass is 9.95. The summed E-state index contributed by atoms with van der Waals surface area (Å²) in [5, 5.41) is 8.45. The van der Waals surface area contributed by atoms with Crippen molar-refractivity contribution in [2.45, 2.75) is 64.1 Å². The van der Waals surface area contributed by atoms with Gasteiger partial charge in [0.1, 0.15) is 11.6 Å². The maximum atomic E-state index is 14.1. The predicted molar refractivity (Wildman–Crippen MR) is 148 cm³/mol. The summed E-state index contributed by atoms with van der Waals surface area (Å²) in [6.07, 6.45) is 8.53. The zero-order chi connectivity index (χ0) is 26.1. The molecule has 1 atom stereocenters. The van der Waals surface area contributed by atoms with Crippen molar-refractivity contribution in [3.8, 4) is 17.3 Å². The first-order chi connectivity index (χ1) is 18.7. The molecule has 0 spiro atoms. The molecule has 196 valence electrons. The van der Waals surface area contributed by atoms with Gasteiger partial charge in [-0.15, -0.1) is 0 Å². The van der Waals surface area contributed by atoms with Gasteiger partial charge in [0, 0.05) is 17.8 Å². The highest BCUT2D eigenvalue weighted by Crippen LogP contribution is 2.39. The summed E-state index contributed by atoms with van der Waals surface area (Å²) in [4.78, 5) is 16.1. The van der Waals surface area contributed by atoms with Gasteiger partial charge in [0.05, 0.1) is 36.8 Å². The number of benzene rings is 2. The van der Waals surface area contributed by atoms with Crippen molar-refractivity contribution >= 4 is 6.03 Å². The van der Waals surface area contributed by atoms with Crippen molar-refractivity contribution in [2.24, 2.45) is 0 Å². The van der Waals surface area contributed by atoms with Gasteiger partial charge in [0.15, 0.2) is 0 Å². The van der Waals surface area contributed by atoms with Gasteiger partial charge < -0.3 is 19.5 Å². The third kappa shape index (κ3) is 4.36. The van der Waals surface area contributed by atoms with E-state index in [0.29, 0.717) is 6.54 Å². The van der Waals surface area contributed by atoms with Crippen LogP contribution in [-0.2, 0) is 13.0 Å². The quantitative estimate of drug-likeness (QED) is 0.349. The van der Waals surface area contributed by atoms with Gasteiger partial charge in [-0.1, -0.05) is 56.5 Å². The molecule has 2 aliphatic rings. The fourth-order valence-corrected chi connectivity index (χ4v) is 6.01. The Morgan fingerprint density at radius 1 is 1.03 bits per heavy atom. The number of ether oxygens (including phenoxy) is 1. The average molecular weight is 510 g/mol. The Hall–Kier alpha value is -4.00. The molecule has 2 aromatic heterocycles. The third-order valence-electron chi connectivity index (χ3n) is 7.91. The van der Waals surface area contributed by atoms with E-state index in [1.165, 1.54) is 19.3 Å². The fourth-order valence-electron chi connectivity index (χ4n) is 6.01. The molecule has 2 amide bonds. The summed E-state index contributed by atoms with van der Waals surface area (Å²) in [5.74, 6) is 1.77. The molecule has 0 unspecified atom stereocenters. The van der Waals surface area contributed by atoms with E-state index in [0.717, 1.165) is 59.0 Å². The monoisotopic (exact) mass is 509 g/mol. The normalized spacial score (nSPS) is 17.4. The fraction of sp³-hybridized carbons (Fsp3) is 0.355. The highest BCUT2D eigenvalue weighted by molar-refractivity contribution is 5.76. The number of amides is 2. The van der Waals surface area contributed by atoms with Gasteiger partial charge >= 0.3 is 6.03 Å². The second-order valence-corrected chi connectivity index (χ2v) is 10.2. The van der Waals surface area contributed by atoms with Gasteiger partial charge in [-0.25, -0.2) is 9.48 Å². The summed E-state index contributed by atoms with van der Waals surface area (Å²) in [7, 11) is 1.68. The minimum absolute atomic E-state index is 0.0279. The maximum Gasteiger partial charge on any atom is 0.318 e. The smallest absolute Gasteiger partial charge is 0.318 e. The van der Waals surface area contributed by atoms with E-state index in [2.05, 4.69) is 53.3 Å². The van der Waals surface area contributed by atoms with Crippen LogP contribution in [0, 0.1) is 0 Å². The molecule has 1 saturated carbocycles. The first-order valence-corrected chi connectivity index (χ1v) is 13.7. The minimum Gasteiger partial charge on any atom is -0.497 e. The van der Waals surface area contributed by atoms with Crippen molar-refractivity contribution in [2.75, 3.05) is 7.11 Å². The van der Waals surface area contributed by atoms with Crippen molar-refractivity contribution < 1.29 is 9.53 Å². The van der Waals surface area contributed by atoms with Crippen molar-refractivity contribution in [1.29, 1.82) is 0 Å². The largest absolute Gasteiger partial charge is 0.497 e. The van der Waals surface area contributed by atoms with Gasteiger partial charge in [0.2, 0.25) is 0 Å². The van der Waals surface area contributed by atoms with E-state index in [1.54, 1.807) is 7.11 Å². The number of para-hydroxylation sites is 1. The molecule has 1 fully saturated rings. The van der Waals surface area contributed by atoms with E-state index in [1.807, 2.05) is 46.0 Å². The van der Waals surface area contributed by atoms with E-state index in [4.69, 9.17) is 9.84 Å². The van der Waals surface area contributed by atoms with Crippen LogP contribution in [0.25, 0.3) is 11.5 Å². The van der Waals surface area contributed by atoms with Gasteiger partial charge in [-0.2, -0.15) is 5.10 Å². The summed E-state index contributed by atoms with van der Waals surface area (Å²) >= 11 is 0. The lowest BCUT2D eigenvalue weighted by molar-refractivity contribution is 0.173. The second-order valence-electron chi connectivity index (χ2n) is 10.2. The Bertz CT molecular complexity index is 1420. The number of rotatable bonds is 5. The molecule has 2 aromatic carbocycles. The van der Waals surface area contributed by atoms with E-state index in [-0.39, 0.29) is 18.1 Å². The summed E-state index contributed by atoms with van der Waals surface area (Å²) in [6, 6.07) is 22.4. The molecule has 1 aliphatic carbocycles. The number of aromatic nitrogens is 3. The summed E-state index contributed by atoms with van der Waals surface area (Å²) < 4.78 is 9.83. The minimum atomic E-state index is -0.287. The number of nitrogens with zero attached hydrogens (tertiary/aromatic N) is 4. The molecule has 0 saturated heterocycles. The molecule has 4 aromatic rings. The number of methoxy groups -OCH3 is 1. The lowest BCUT2D eigenvalue weighted by Crippen LogP contribution is -2.46. The van der Waals surface area contributed by atoms with E-state index >= 15 is 0 Å². The first-order valence-electron chi connectivity index (χ1n) is 13.7. The number of fused-ring (bicyclic) bond motifs is 3. The highest BCUT2D eigenvalue weighted by atomic mass is 16.5. The molecular formula is C31H35N5O2. The van der Waals surface area contributed by atoms with Crippen LogP contribution in [0.3, 0.4) is 0 Å². The number of carbonyl (C=O) groups excluding carboxylic acids is 1. The number of aryl methyl sites for hydroxylation is 1. The van der Waals surface area contributed by atoms with Crippen LogP contribution >= 0.6 is 0 Å². The van der Waals surface area contributed by atoms with E-state index in [9.17, 15) is 4.79 Å². The van der Waals surface area contributed by atoms with Gasteiger partial charge in [0.25, 0.3) is 0 Å².